The molecule has 0 saturated heterocycles. The Labute approximate surface area is 114 Å². The quantitative estimate of drug-likeness (QED) is 0.642. The van der Waals surface area contributed by atoms with E-state index in [9.17, 15) is 4.79 Å². The topological polar surface area (TPSA) is 85.0 Å². The second-order valence-electron chi connectivity index (χ2n) is 3.87. The fraction of sp³-hybridized carbons (Fsp3) is 0.364. The molecule has 0 aromatic carbocycles. The van der Waals surface area contributed by atoms with Crippen LogP contribution in [-0.4, -0.2) is 33.0 Å². The summed E-state index contributed by atoms with van der Waals surface area (Å²) in [4.78, 5) is 15.7. The van der Waals surface area contributed by atoms with Gasteiger partial charge in [-0.3, -0.25) is 5.32 Å². The maximum absolute atomic E-state index is 11.5. The van der Waals surface area contributed by atoms with Crippen molar-refractivity contribution in [2.24, 2.45) is 7.05 Å². The van der Waals surface area contributed by atoms with E-state index in [1.807, 2.05) is 17.8 Å². The van der Waals surface area contributed by atoms with E-state index in [-0.39, 0.29) is 6.03 Å². The fourth-order valence-corrected chi connectivity index (χ4v) is 2.17. The molecule has 2 heterocycles. The van der Waals surface area contributed by atoms with Crippen LogP contribution in [0.2, 0.25) is 0 Å². The van der Waals surface area contributed by atoms with Crippen LogP contribution in [0.1, 0.15) is 5.76 Å². The van der Waals surface area contributed by atoms with Gasteiger partial charge in [0.1, 0.15) is 5.76 Å². The van der Waals surface area contributed by atoms with Crippen LogP contribution in [0.3, 0.4) is 0 Å². The molecule has 0 aliphatic heterocycles. The number of amides is 2. The number of hydrogen-bond donors (Lipinski definition) is 2. The molecule has 7 nitrogen and oxygen atoms in total. The first-order valence-electron chi connectivity index (χ1n) is 5.73. The highest BCUT2D eigenvalue weighted by Gasteiger charge is 2.05. The number of anilines is 1. The summed E-state index contributed by atoms with van der Waals surface area (Å²) < 4.78 is 6.78. The van der Waals surface area contributed by atoms with Gasteiger partial charge in [0.05, 0.1) is 0 Å². The molecule has 102 valence electrons. The molecule has 0 aliphatic rings. The standard InChI is InChI=1S/C11H15N5O2S/c1-8-7-9(15-18-8)14-10(17)12-4-6-19-11-13-3-5-16(11)2/h3,5,7H,4,6H2,1-2H3,(H2,12,14,15,17). The molecule has 2 aromatic rings. The summed E-state index contributed by atoms with van der Waals surface area (Å²) >= 11 is 1.58. The van der Waals surface area contributed by atoms with Crippen LogP contribution in [0.4, 0.5) is 10.6 Å². The first kappa shape index (κ1) is 13.5. The van der Waals surface area contributed by atoms with E-state index >= 15 is 0 Å². The number of thioether (sulfide) groups is 1. The number of urea groups is 1. The predicted molar refractivity (Wildman–Crippen MR) is 72.2 cm³/mol. The van der Waals surface area contributed by atoms with Gasteiger partial charge in [0.2, 0.25) is 0 Å². The van der Waals surface area contributed by atoms with Gasteiger partial charge in [-0.2, -0.15) is 0 Å². The number of carbonyl (C=O) groups excluding carboxylic acids is 1. The Morgan fingerprint density at radius 3 is 3.05 bits per heavy atom. The van der Waals surface area contributed by atoms with Crippen LogP contribution in [0.25, 0.3) is 0 Å². The average Bonchev–Trinajstić information content (AvgIpc) is 2.94. The second kappa shape index (κ2) is 6.28. The molecule has 0 radical (unpaired) electrons. The molecule has 0 aliphatic carbocycles. The Morgan fingerprint density at radius 2 is 2.42 bits per heavy atom. The number of aromatic nitrogens is 3. The van der Waals surface area contributed by atoms with Crippen LogP contribution in [0, 0.1) is 6.92 Å². The van der Waals surface area contributed by atoms with Crippen molar-refractivity contribution in [3.05, 3.63) is 24.2 Å². The van der Waals surface area contributed by atoms with Crippen LogP contribution < -0.4 is 10.6 Å². The van der Waals surface area contributed by atoms with Gasteiger partial charge >= 0.3 is 6.03 Å². The zero-order chi connectivity index (χ0) is 13.7. The number of imidazole rings is 1. The van der Waals surface area contributed by atoms with Gasteiger partial charge in [-0.1, -0.05) is 16.9 Å². The third-order valence-electron chi connectivity index (χ3n) is 2.27. The molecular weight excluding hydrogens is 266 g/mol. The molecule has 8 heteroatoms. The molecule has 19 heavy (non-hydrogen) atoms. The van der Waals surface area contributed by atoms with E-state index in [0.29, 0.717) is 18.1 Å². The summed E-state index contributed by atoms with van der Waals surface area (Å²) in [5.74, 6) is 1.81. The smallest absolute Gasteiger partial charge is 0.320 e. The Morgan fingerprint density at radius 1 is 1.58 bits per heavy atom. The number of nitrogens with one attached hydrogen (secondary N) is 2. The molecule has 2 N–H and O–H groups in total. The highest BCUT2D eigenvalue weighted by Crippen LogP contribution is 2.13. The second-order valence-corrected chi connectivity index (χ2v) is 4.93. The van der Waals surface area contributed by atoms with Gasteiger partial charge in [0, 0.05) is 37.8 Å². The zero-order valence-electron chi connectivity index (χ0n) is 10.7. The largest absolute Gasteiger partial charge is 0.360 e. The van der Waals surface area contributed by atoms with Gasteiger partial charge < -0.3 is 14.4 Å². The van der Waals surface area contributed by atoms with Crippen molar-refractivity contribution in [3.63, 3.8) is 0 Å². The molecule has 0 fully saturated rings. The van der Waals surface area contributed by atoms with Crippen molar-refractivity contribution in [2.75, 3.05) is 17.6 Å². The Kier molecular flexibility index (Phi) is 4.45. The lowest BCUT2D eigenvalue weighted by Gasteiger charge is -2.05. The van der Waals surface area contributed by atoms with Crippen molar-refractivity contribution in [3.8, 4) is 0 Å². The summed E-state index contributed by atoms with van der Waals surface area (Å²) in [7, 11) is 1.93. The van der Waals surface area contributed by atoms with E-state index in [1.54, 1.807) is 30.9 Å². The molecule has 2 aromatic heterocycles. The van der Waals surface area contributed by atoms with E-state index in [2.05, 4.69) is 20.8 Å². The van der Waals surface area contributed by atoms with E-state index in [0.717, 1.165) is 10.9 Å². The maximum atomic E-state index is 11.5. The van der Waals surface area contributed by atoms with Gasteiger partial charge in [0.15, 0.2) is 11.0 Å². The van der Waals surface area contributed by atoms with Crippen LogP contribution in [0.5, 0.6) is 0 Å². The van der Waals surface area contributed by atoms with E-state index in [1.165, 1.54) is 0 Å². The number of nitrogens with zero attached hydrogens (tertiary/aromatic N) is 3. The van der Waals surface area contributed by atoms with Crippen LogP contribution >= 0.6 is 11.8 Å². The number of aryl methyl sites for hydroxylation is 2. The van der Waals surface area contributed by atoms with Gasteiger partial charge in [-0.15, -0.1) is 0 Å². The van der Waals surface area contributed by atoms with Crippen LogP contribution in [-0.2, 0) is 7.05 Å². The zero-order valence-corrected chi connectivity index (χ0v) is 11.5. The van der Waals surface area contributed by atoms with Crippen molar-refractivity contribution in [1.29, 1.82) is 0 Å². The molecule has 0 unspecified atom stereocenters. The Bertz CT molecular complexity index is 551. The summed E-state index contributed by atoms with van der Waals surface area (Å²) in [5.41, 5.74) is 0. The molecule has 2 amide bonds. The first-order chi connectivity index (χ1) is 9.15. The Hall–Kier alpha value is -1.96. The van der Waals surface area contributed by atoms with E-state index < -0.39 is 0 Å². The molecule has 2 rings (SSSR count). The summed E-state index contributed by atoms with van der Waals surface area (Å²) in [6.07, 6.45) is 3.63. The third-order valence-corrected chi connectivity index (χ3v) is 3.33. The maximum Gasteiger partial charge on any atom is 0.320 e. The third kappa shape index (κ3) is 4.02. The van der Waals surface area contributed by atoms with Crippen molar-refractivity contribution >= 4 is 23.6 Å². The Balaban J connectivity index is 1.65. The highest BCUT2D eigenvalue weighted by atomic mass is 32.2. The summed E-state index contributed by atoms with van der Waals surface area (Å²) in [6, 6.07) is 1.36. The minimum Gasteiger partial charge on any atom is -0.360 e. The van der Waals surface area contributed by atoms with Crippen LogP contribution in [0.15, 0.2) is 28.1 Å². The normalized spacial score (nSPS) is 10.4. The van der Waals surface area contributed by atoms with Gasteiger partial charge in [-0.25, -0.2) is 9.78 Å². The average molecular weight is 281 g/mol. The number of hydrogen-bond acceptors (Lipinski definition) is 5. The fourth-order valence-electron chi connectivity index (χ4n) is 1.38. The van der Waals surface area contributed by atoms with Crippen molar-refractivity contribution in [1.82, 2.24) is 20.0 Å². The van der Waals surface area contributed by atoms with E-state index in [4.69, 9.17) is 4.52 Å². The van der Waals surface area contributed by atoms with Crippen molar-refractivity contribution in [2.45, 2.75) is 12.1 Å². The predicted octanol–water partition coefficient (Wildman–Crippen LogP) is 1.63. The minimum absolute atomic E-state index is 0.297. The highest BCUT2D eigenvalue weighted by molar-refractivity contribution is 7.99. The molecule has 0 spiro atoms. The monoisotopic (exact) mass is 281 g/mol. The lowest BCUT2D eigenvalue weighted by Crippen LogP contribution is -2.30. The number of rotatable bonds is 5. The molecule has 0 bridgehead atoms. The molecule has 0 atom stereocenters. The molecular formula is C11H15N5O2S. The van der Waals surface area contributed by atoms with Gasteiger partial charge in [0.25, 0.3) is 0 Å². The summed E-state index contributed by atoms with van der Waals surface area (Å²) in [6.45, 7) is 2.31. The molecule has 0 saturated carbocycles. The first-order valence-corrected chi connectivity index (χ1v) is 6.72. The number of carbonyl (C=O) groups is 1. The lowest BCUT2D eigenvalue weighted by atomic mass is 10.5. The van der Waals surface area contributed by atoms with Crippen molar-refractivity contribution < 1.29 is 9.32 Å². The lowest BCUT2D eigenvalue weighted by molar-refractivity contribution is 0.252. The van der Waals surface area contributed by atoms with Gasteiger partial charge in [-0.05, 0) is 6.92 Å². The SMILES string of the molecule is Cc1cc(NC(=O)NCCSc2nccn2C)no1. The summed E-state index contributed by atoms with van der Waals surface area (Å²) in [5, 5.41) is 9.91. The minimum atomic E-state index is -0.297.